The number of benzene rings is 4. The number of hydrogen-bond donors (Lipinski definition) is 1. The third kappa shape index (κ3) is 3.43. The largest absolute Gasteiger partial charge is 0.392 e. The molecule has 3 heterocycles. The van der Waals surface area contributed by atoms with Crippen molar-refractivity contribution in [3.63, 3.8) is 0 Å². The summed E-state index contributed by atoms with van der Waals surface area (Å²) in [4.78, 5) is 4.50. The van der Waals surface area contributed by atoms with E-state index in [1.807, 2.05) is 108 Å². The molecule has 7 aromatic rings. The lowest BCUT2D eigenvalue weighted by molar-refractivity contribution is 0.282. The van der Waals surface area contributed by atoms with Crippen LogP contribution in [0.25, 0.3) is 66.2 Å². The molecule has 1 N–H and O–H groups in total. The second-order valence-electron chi connectivity index (χ2n) is 10.1. The van der Waals surface area contributed by atoms with Gasteiger partial charge in [0.05, 0.1) is 17.8 Å². The van der Waals surface area contributed by atoms with Gasteiger partial charge in [-0.15, -0.1) is 0 Å². The molecular formula is C34H25F2N3O. The zero-order valence-corrected chi connectivity index (χ0v) is 22.0. The van der Waals surface area contributed by atoms with Gasteiger partial charge in [-0.3, -0.25) is 4.98 Å². The van der Waals surface area contributed by atoms with E-state index in [9.17, 15) is 5.11 Å². The predicted octanol–water partition coefficient (Wildman–Crippen LogP) is 7.99. The van der Waals surface area contributed by atoms with E-state index in [4.69, 9.17) is 0 Å². The number of halogens is 2. The SMILES string of the molecule is Cn1cc(-c2c(F)c(F)c(-c3cc4ccccc4n3C)c(-c3ccnc4ccccc34)c2CO)c2ccccc21. The summed E-state index contributed by atoms with van der Waals surface area (Å²) in [7, 11) is 3.72. The van der Waals surface area contributed by atoms with Crippen molar-refractivity contribution in [3.05, 3.63) is 115 Å². The molecular weight excluding hydrogens is 504 g/mol. The molecule has 4 nitrogen and oxygen atoms in total. The molecule has 0 saturated heterocycles. The average molecular weight is 530 g/mol. The first kappa shape index (κ1) is 24.2. The Morgan fingerprint density at radius 1 is 0.725 bits per heavy atom. The summed E-state index contributed by atoms with van der Waals surface area (Å²) in [6.45, 7) is -0.487. The molecule has 3 aromatic heterocycles. The van der Waals surface area contributed by atoms with Crippen LogP contribution in [0, 0.1) is 11.6 Å². The van der Waals surface area contributed by atoms with Crippen molar-refractivity contribution in [1.29, 1.82) is 0 Å². The van der Waals surface area contributed by atoms with Crippen molar-refractivity contribution in [3.8, 4) is 33.5 Å². The van der Waals surface area contributed by atoms with E-state index in [0.29, 0.717) is 27.9 Å². The number of aliphatic hydroxyl groups excluding tert-OH is 1. The molecule has 0 saturated carbocycles. The molecule has 196 valence electrons. The van der Waals surface area contributed by atoms with Crippen molar-refractivity contribution in [2.75, 3.05) is 0 Å². The van der Waals surface area contributed by atoms with Gasteiger partial charge in [-0.05, 0) is 41.5 Å². The molecule has 0 atom stereocenters. The molecule has 0 unspecified atom stereocenters. The van der Waals surface area contributed by atoms with Gasteiger partial charge in [0.2, 0.25) is 0 Å². The Balaban J connectivity index is 1.68. The number of pyridine rings is 1. The summed E-state index contributed by atoms with van der Waals surface area (Å²) >= 11 is 0. The number of aromatic nitrogens is 3. The van der Waals surface area contributed by atoms with E-state index < -0.39 is 18.2 Å². The van der Waals surface area contributed by atoms with Gasteiger partial charge in [-0.1, -0.05) is 54.6 Å². The molecule has 0 aliphatic heterocycles. The van der Waals surface area contributed by atoms with E-state index in [2.05, 4.69) is 4.98 Å². The Labute approximate surface area is 229 Å². The van der Waals surface area contributed by atoms with Gasteiger partial charge in [0.15, 0.2) is 11.6 Å². The lowest BCUT2D eigenvalue weighted by Crippen LogP contribution is -2.07. The molecule has 40 heavy (non-hydrogen) atoms. The van der Waals surface area contributed by atoms with Crippen molar-refractivity contribution in [2.45, 2.75) is 6.61 Å². The first-order chi connectivity index (χ1) is 19.5. The second kappa shape index (κ2) is 9.14. The van der Waals surface area contributed by atoms with Gasteiger partial charge >= 0.3 is 0 Å². The van der Waals surface area contributed by atoms with Crippen molar-refractivity contribution in [2.24, 2.45) is 14.1 Å². The molecule has 0 amide bonds. The minimum Gasteiger partial charge on any atom is -0.392 e. The van der Waals surface area contributed by atoms with Crippen LogP contribution in [-0.4, -0.2) is 19.2 Å². The summed E-state index contributed by atoms with van der Waals surface area (Å²) < 4.78 is 37.0. The van der Waals surface area contributed by atoms with Crippen molar-refractivity contribution < 1.29 is 13.9 Å². The van der Waals surface area contributed by atoms with Crippen LogP contribution in [0.1, 0.15) is 5.56 Å². The van der Waals surface area contributed by atoms with Crippen LogP contribution < -0.4 is 0 Å². The normalized spacial score (nSPS) is 11.7. The third-order valence-corrected chi connectivity index (χ3v) is 7.94. The zero-order chi connectivity index (χ0) is 27.5. The minimum atomic E-state index is -0.984. The highest BCUT2D eigenvalue weighted by Gasteiger charge is 2.30. The molecule has 0 radical (unpaired) electrons. The van der Waals surface area contributed by atoms with Gasteiger partial charge in [-0.25, -0.2) is 8.78 Å². The highest BCUT2D eigenvalue weighted by atomic mass is 19.2. The smallest absolute Gasteiger partial charge is 0.169 e. The second-order valence-corrected chi connectivity index (χ2v) is 10.1. The number of rotatable bonds is 4. The van der Waals surface area contributed by atoms with Crippen molar-refractivity contribution >= 4 is 32.7 Å². The van der Waals surface area contributed by atoms with Crippen LogP contribution in [0.5, 0.6) is 0 Å². The van der Waals surface area contributed by atoms with E-state index >= 15 is 8.78 Å². The van der Waals surface area contributed by atoms with E-state index in [1.54, 1.807) is 12.4 Å². The number of aryl methyl sites for hydroxylation is 2. The first-order valence-corrected chi connectivity index (χ1v) is 13.1. The van der Waals surface area contributed by atoms with Gasteiger partial charge in [0, 0.05) is 75.9 Å². The van der Waals surface area contributed by atoms with Crippen molar-refractivity contribution in [1.82, 2.24) is 14.1 Å². The third-order valence-electron chi connectivity index (χ3n) is 7.94. The maximum absolute atomic E-state index is 16.7. The van der Waals surface area contributed by atoms with E-state index in [0.717, 1.165) is 32.7 Å². The van der Waals surface area contributed by atoms with Crippen LogP contribution >= 0.6 is 0 Å². The van der Waals surface area contributed by atoms with Crippen LogP contribution in [-0.2, 0) is 20.7 Å². The summed E-state index contributed by atoms with van der Waals surface area (Å²) in [5, 5.41) is 13.4. The monoisotopic (exact) mass is 529 g/mol. The van der Waals surface area contributed by atoms with Crippen LogP contribution in [0.15, 0.2) is 97.3 Å². The Morgan fingerprint density at radius 2 is 1.40 bits per heavy atom. The van der Waals surface area contributed by atoms with Gasteiger partial charge < -0.3 is 14.2 Å². The summed E-state index contributed by atoms with van der Waals surface area (Å²) in [5.41, 5.74) is 5.19. The number of hydrogen-bond acceptors (Lipinski definition) is 2. The quantitative estimate of drug-likeness (QED) is 0.251. The molecule has 0 bridgehead atoms. The molecule has 0 aliphatic carbocycles. The molecule has 0 aliphatic rings. The average Bonchev–Trinajstić information content (AvgIpc) is 3.50. The highest BCUT2D eigenvalue weighted by Crippen LogP contribution is 2.47. The van der Waals surface area contributed by atoms with Gasteiger partial charge in [0.1, 0.15) is 0 Å². The number of nitrogens with zero attached hydrogens (tertiary/aromatic N) is 3. The summed E-state index contributed by atoms with van der Waals surface area (Å²) in [6.07, 6.45) is 3.47. The Hall–Kier alpha value is -4.81. The lowest BCUT2D eigenvalue weighted by atomic mass is 9.85. The minimum absolute atomic E-state index is 0.0650. The Bertz CT molecular complexity index is 2100. The van der Waals surface area contributed by atoms with E-state index in [-0.39, 0.29) is 11.1 Å². The number of aliphatic hydroxyl groups is 1. The maximum atomic E-state index is 16.7. The molecule has 7 rings (SSSR count). The first-order valence-electron chi connectivity index (χ1n) is 13.1. The Kier molecular flexibility index (Phi) is 5.54. The maximum Gasteiger partial charge on any atom is 0.169 e. The lowest BCUT2D eigenvalue weighted by Gasteiger charge is -2.22. The fourth-order valence-corrected chi connectivity index (χ4v) is 6.10. The van der Waals surface area contributed by atoms with Gasteiger partial charge in [-0.2, -0.15) is 0 Å². The van der Waals surface area contributed by atoms with Crippen LogP contribution in [0.2, 0.25) is 0 Å². The van der Waals surface area contributed by atoms with Crippen LogP contribution in [0.3, 0.4) is 0 Å². The number of fused-ring (bicyclic) bond motifs is 3. The molecule has 0 spiro atoms. The topological polar surface area (TPSA) is 43.0 Å². The molecule has 6 heteroatoms. The molecule has 0 fully saturated rings. The zero-order valence-electron chi connectivity index (χ0n) is 22.0. The standard InChI is InChI=1S/C34H25F2N3O/c1-38-18-24(22-11-5-8-14-28(22)38)31-25(19-40)30(23-15-16-37-26-12-6-4-10-21(23)26)32(34(36)33(31)35)29-17-20-9-3-7-13-27(20)39(29)2/h3-18,40H,19H2,1-2H3. The number of para-hydroxylation sites is 3. The van der Waals surface area contributed by atoms with E-state index in [1.165, 1.54) is 0 Å². The molecule has 4 aromatic carbocycles. The van der Waals surface area contributed by atoms with Gasteiger partial charge in [0.25, 0.3) is 0 Å². The predicted molar refractivity (Wildman–Crippen MR) is 157 cm³/mol. The fraction of sp³-hybridized carbons (Fsp3) is 0.0882. The fourth-order valence-electron chi connectivity index (χ4n) is 6.10. The summed E-state index contributed by atoms with van der Waals surface area (Å²) in [5.74, 6) is -1.94. The Morgan fingerprint density at radius 3 is 2.17 bits per heavy atom. The highest BCUT2D eigenvalue weighted by molar-refractivity contribution is 6.05. The summed E-state index contributed by atoms with van der Waals surface area (Å²) in [6, 6.07) is 26.6. The van der Waals surface area contributed by atoms with Crippen LogP contribution in [0.4, 0.5) is 8.78 Å².